The Labute approximate surface area is 123 Å². The summed E-state index contributed by atoms with van der Waals surface area (Å²) >= 11 is 1.60. The summed E-state index contributed by atoms with van der Waals surface area (Å²) in [6, 6.07) is 8.35. The van der Waals surface area contributed by atoms with Crippen LogP contribution < -0.4 is 10.1 Å². The average molecular weight is 289 g/mol. The molecule has 2 aromatic rings. The molecule has 1 fully saturated rings. The van der Waals surface area contributed by atoms with Gasteiger partial charge in [-0.3, -0.25) is 0 Å². The van der Waals surface area contributed by atoms with Gasteiger partial charge in [0.2, 0.25) is 5.13 Å². The number of aryl methyl sites for hydroxylation is 1. The fourth-order valence-corrected chi connectivity index (χ4v) is 3.43. The molecule has 106 valence electrons. The minimum absolute atomic E-state index is 0.173. The standard InChI is InChI=1S/C15H19N3OS/c1-11-17-18-14(20-11)16-10-15(8-5-9-15)12-6-3-4-7-13(12)19-2/h3-4,6-7H,5,8-10H2,1-2H3,(H,16,18). The van der Waals surface area contributed by atoms with Crippen LogP contribution in [-0.2, 0) is 5.41 Å². The molecule has 0 saturated heterocycles. The van der Waals surface area contributed by atoms with E-state index in [2.05, 4.69) is 27.6 Å². The number of nitrogens with one attached hydrogen (secondary N) is 1. The van der Waals surface area contributed by atoms with Gasteiger partial charge in [0.05, 0.1) is 7.11 Å². The van der Waals surface area contributed by atoms with E-state index in [1.54, 1.807) is 18.4 Å². The summed E-state index contributed by atoms with van der Waals surface area (Å²) in [5.41, 5.74) is 1.48. The van der Waals surface area contributed by atoms with Crippen LogP contribution in [0.4, 0.5) is 5.13 Å². The van der Waals surface area contributed by atoms with Crippen molar-refractivity contribution in [3.63, 3.8) is 0 Å². The Morgan fingerprint density at radius 1 is 1.30 bits per heavy atom. The molecular formula is C15H19N3OS. The highest BCUT2D eigenvalue weighted by Crippen LogP contribution is 2.47. The quantitative estimate of drug-likeness (QED) is 0.916. The van der Waals surface area contributed by atoms with Crippen LogP contribution >= 0.6 is 11.3 Å². The predicted octanol–water partition coefficient (Wildman–Crippen LogP) is 3.39. The maximum Gasteiger partial charge on any atom is 0.205 e. The SMILES string of the molecule is COc1ccccc1C1(CNc2nnc(C)s2)CCC1. The summed E-state index contributed by atoms with van der Waals surface area (Å²) in [5.74, 6) is 0.988. The molecule has 0 amide bonds. The van der Waals surface area contributed by atoms with Gasteiger partial charge < -0.3 is 10.1 Å². The first kappa shape index (κ1) is 13.4. The van der Waals surface area contributed by atoms with E-state index < -0.39 is 0 Å². The molecule has 5 heteroatoms. The first-order chi connectivity index (χ1) is 9.73. The normalized spacial score (nSPS) is 16.5. The highest BCUT2D eigenvalue weighted by molar-refractivity contribution is 7.15. The minimum atomic E-state index is 0.173. The van der Waals surface area contributed by atoms with Crippen molar-refractivity contribution in [2.45, 2.75) is 31.6 Å². The Bertz CT molecular complexity index is 592. The molecule has 0 unspecified atom stereocenters. The van der Waals surface area contributed by atoms with Crippen molar-refractivity contribution in [2.75, 3.05) is 19.0 Å². The second kappa shape index (κ2) is 5.40. The molecule has 3 rings (SSSR count). The van der Waals surface area contributed by atoms with Gasteiger partial charge in [0.25, 0.3) is 0 Å². The molecular weight excluding hydrogens is 270 g/mol. The Kier molecular flexibility index (Phi) is 3.61. The Balaban J connectivity index is 1.80. The molecule has 1 heterocycles. The lowest BCUT2D eigenvalue weighted by Crippen LogP contribution is -2.41. The molecule has 1 aliphatic rings. The lowest BCUT2D eigenvalue weighted by molar-refractivity contribution is 0.250. The van der Waals surface area contributed by atoms with Gasteiger partial charge in [-0.2, -0.15) is 0 Å². The highest BCUT2D eigenvalue weighted by atomic mass is 32.1. The van der Waals surface area contributed by atoms with Gasteiger partial charge in [0.1, 0.15) is 10.8 Å². The van der Waals surface area contributed by atoms with E-state index in [9.17, 15) is 0 Å². The molecule has 4 nitrogen and oxygen atoms in total. The maximum atomic E-state index is 5.53. The molecule has 0 radical (unpaired) electrons. The van der Waals surface area contributed by atoms with E-state index in [-0.39, 0.29) is 5.41 Å². The highest BCUT2D eigenvalue weighted by Gasteiger charge is 2.40. The number of nitrogens with zero attached hydrogens (tertiary/aromatic N) is 2. The van der Waals surface area contributed by atoms with Crippen LogP contribution in [0.1, 0.15) is 29.8 Å². The first-order valence-electron chi connectivity index (χ1n) is 6.91. The van der Waals surface area contributed by atoms with Gasteiger partial charge in [-0.1, -0.05) is 36.0 Å². The van der Waals surface area contributed by atoms with E-state index in [0.29, 0.717) is 0 Å². The molecule has 1 saturated carbocycles. The Morgan fingerprint density at radius 3 is 2.70 bits per heavy atom. The monoisotopic (exact) mass is 289 g/mol. The zero-order valence-electron chi connectivity index (χ0n) is 11.8. The van der Waals surface area contributed by atoms with Crippen molar-refractivity contribution in [3.8, 4) is 5.75 Å². The lowest BCUT2D eigenvalue weighted by Gasteiger charge is -2.43. The largest absolute Gasteiger partial charge is 0.496 e. The van der Waals surface area contributed by atoms with Crippen molar-refractivity contribution in [1.29, 1.82) is 0 Å². The summed E-state index contributed by atoms with van der Waals surface area (Å²) in [4.78, 5) is 0. The number of aromatic nitrogens is 2. The van der Waals surface area contributed by atoms with Crippen LogP contribution in [0.2, 0.25) is 0 Å². The third-order valence-electron chi connectivity index (χ3n) is 4.09. The summed E-state index contributed by atoms with van der Waals surface area (Å²) in [6.45, 7) is 2.87. The molecule has 1 aliphatic carbocycles. The fourth-order valence-electron chi connectivity index (χ4n) is 2.84. The Morgan fingerprint density at radius 2 is 2.10 bits per heavy atom. The van der Waals surface area contributed by atoms with E-state index in [1.807, 2.05) is 19.1 Å². The van der Waals surface area contributed by atoms with E-state index in [0.717, 1.165) is 22.4 Å². The van der Waals surface area contributed by atoms with Crippen LogP contribution in [0.25, 0.3) is 0 Å². The van der Waals surface area contributed by atoms with Gasteiger partial charge in [-0.25, -0.2) is 0 Å². The average Bonchev–Trinajstić information content (AvgIpc) is 2.84. The van der Waals surface area contributed by atoms with Crippen molar-refractivity contribution >= 4 is 16.5 Å². The van der Waals surface area contributed by atoms with Crippen molar-refractivity contribution in [2.24, 2.45) is 0 Å². The second-order valence-corrected chi connectivity index (χ2v) is 6.50. The smallest absolute Gasteiger partial charge is 0.205 e. The zero-order valence-corrected chi connectivity index (χ0v) is 12.7. The number of hydrogen-bond acceptors (Lipinski definition) is 5. The zero-order chi connectivity index (χ0) is 14.0. The lowest BCUT2D eigenvalue weighted by atomic mass is 9.64. The third kappa shape index (κ3) is 2.38. The summed E-state index contributed by atoms with van der Waals surface area (Å²) in [7, 11) is 1.74. The third-order valence-corrected chi connectivity index (χ3v) is 4.89. The predicted molar refractivity (Wildman–Crippen MR) is 81.7 cm³/mol. The first-order valence-corrected chi connectivity index (χ1v) is 7.73. The van der Waals surface area contributed by atoms with Crippen LogP contribution in [0, 0.1) is 6.92 Å². The maximum absolute atomic E-state index is 5.53. The Hall–Kier alpha value is -1.62. The van der Waals surface area contributed by atoms with Gasteiger partial charge in [0.15, 0.2) is 0 Å². The van der Waals surface area contributed by atoms with Crippen molar-refractivity contribution in [1.82, 2.24) is 10.2 Å². The number of para-hydroxylation sites is 1. The van der Waals surface area contributed by atoms with Gasteiger partial charge in [-0.05, 0) is 25.8 Å². The molecule has 0 bridgehead atoms. The summed E-state index contributed by atoms with van der Waals surface area (Å²) in [5, 5.41) is 13.5. The number of ether oxygens (including phenoxy) is 1. The van der Waals surface area contributed by atoms with Crippen molar-refractivity contribution < 1.29 is 4.74 Å². The van der Waals surface area contributed by atoms with Gasteiger partial charge >= 0.3 is 0 Å². The van der Waals surface area contributed by atoms with Crippen LogP contribution in [-0.4, -0.2) is 23.9 Å². The topological polar surface area (TPSA) is 47.0 Å². The van der Waals surface area contributed by atoms with Crippen LogP contribution in [0.5, 0.6) is 5.75 Å². The second-order valence-electron chi connectivity index (χ2n) is 5.31. The molecule has 20 heavy (non-hydrogen) atoms. The number of methoxy groups -OCH3 is 1. The molecule has 1 aromatic carbocycles. The number of anilines is 1. The van der Waals surface area contributed by atoms with Crippen LogP contribution in [0.15, 0.2) is 24.3 Å². The molecule has 1 aromatic heterocycles. The molecule has 1 N–H and O–H groups in total. The number of benzene rings is 1. The van der Waals surface area contributed by atoms with E-state index >= 15 is 0 Å². The number of hydrogen-bond donors (Lipinski definition) is 1. The summed E-state index contributed by atoms with van der Waals surface area (Å²) < 4.78 is 5.53. The summed E-state index contributed by atoms with van der Waals surface area (Å²) in [6.07, 6.45) is 3.66. The van der Waals surface area contributed by atoms with E-state index in [4.69, 9.17) is 4.74 Å². The minimum Gasteiger partial charge on any atom is -0.496 e. The van der Waals surface area contributed by atoms with Gasteiger partial charge in [0, 0.05) is 17.5 Å². The fraction of sp³-hybridized carbons (Fsp3) is 0.467. The molecule has 0 aliphatic heterocycles. The molecule has 0 spiro atoms. The van der Waals surface area contributed by atoms with E-state index in [1.165, 1.54) is 24.8 Å². The van der Waals surface area contributed by atoms with Gasteiger partial charge in [-0.15, -0.1) is 10.2 Å². The van der Waals surface area contributed by atoms with Crippen molar-refractivity contribution in [3.05, 3.63) is 34.8 Å². The molecule has 0 atom stereocenters. The van der Waals surface area contributed by atoms with Crippen LogP contribution in [0.3, 0.4) is 0 Å². The number of rotatable bonds is 5.